The minimum absolute atomic E-state index is 0.0893. The van der Waals surface area contributed by atoms with Gasteiger partial charge in [-0.3, -0.25) is 18.7 Å². The molecule has 0 amide bonds. The molecular weight excluding hydrogens is 387 g/mol. The second kappa shape index (κ2) is 6.70. The molecular formula is C15H12Cl2N4O3S. The number of H-pyrrole nitrogens is 1. The molecule has 3 rings (SSSR count). The lowest BCUT2D eigenvalue weighted by Crippen LogP contribution is -2.36. The second-order valence-corrected chi connectivity index (χ2v) is 7.07. The number of hydrogen-bond donors (Lipinski definition) is 1. The van der Waals surface area contributed by atoms with Crippen LogP contribution in [-0.2, 0) is 14.1 Å². The highest BCUT2D eigenvalue weighted by Gasteiger charge is 2.15. The number of benzene rings is 1. The predicted molar refractivity (Wildman–Crippen MR) is 98.1 cm³/mol. The van der Waals surface area contributed by atoms with Gasteiger partial charge in [0.2, 0.25) is 0 Å². The summed E-state index contributed by atoms with van der Waals surface area (Å²) in [6, 6.07) is 4.66. The molecule has 2 aromatic heterocycles. The Morgan fingerprint density at radius 2 is 1.92 bits per heavy atom. The maximum atomic E-state index is 12.3. The first-order valence-electron chi connectivity index (χ1n) is 7.06. The van der Waals surface area contributed by atoms with Crippen molar-refractivity contribution in [2.75, 3.05) is 5.75 Å². The first-order chi connectivity index (χ1) is 11.8. The van der Waals surface area contributed by atoms with Crippen molar-refractivity contribution in [2.24, 2.45) is 14.1 Å². The number of halogens is 2. The molecule has 0 spiro atoms. The number of aromatic amines is 1. The fourth-order valence-electron chi connectivity index (χ4n) is 2.26. The molecule has 2 heterocycles. The summed E-state index contributed by atoms with van der Waals surface area (Å²) >= 11 is 12.9. The molecule has 0 unspecified atom stereocenters. The standard InChI is InChI=1S/C15H12Cl2N4O3S/c1-20-12-11(13(23)21(2)15(20)24)18-14(19-12)25-6-10(22)7-3-4-8(16)9(17)5-7/h3-5H,6H2,1-2H3,(H,18,19). The summed E-state index contributed by atoms with van der Waals surface area (Å²) in [6.45, 7) is 0. The van der Waals surface area contributed by atoms with E-state index < -0.39 is 11.2 Å². The maximum Gasteiger partial charge on any atom is 0.332 e. The Bertz CT molecular complexity index is 1120. The van der Waals surface area contributed by atoms with E-state index in [1.54, 1.807) is 12.1 Å². The number of hydrogen-bond acceptors (Lipinski definition) is 5. The van der Waals surface area contributed by atoms with Gasteiger partial charge in [-0.25, -0.2) is 9.78 Å². The highest BCUT2D eigenvalue weighted by molar-refractivity contribution is 7.99. The van der Waals surface area contributed by atoms with Crippen molar-refractivity contribution in [1.29, 1.82) is 0 Å². The molecule has 130 valence electrons. The van der Waals surface area contributed by atoms with Crippen LogP contribution in [0.2, 0.25) is 10.0 Å². The molecule has 0 aliphatic rings. The third kappa shape index (κ3) is 3.24. The number of rotatable bonds is 4. The number of aromatic nitrogens is 4. The fraction of sp³-hybridized carbons (Fsp3) is 0.200. The van der Waals surface area contributed by atoms with Crippen molar-refractivity contribution in [3.63, 3.8) is 0 Å². The largest absolute Gasteiger partial charge is 0.332 e. The lowest BCUT2D eigenvalue weighted by Gasteiger charge is -2.01. The number of carbonyl (C=O) groups is 1. The number of carbonyl (C=O) groups excluding carboxylic acids is 1. The number of Topliss-reactive ketones (excluding diaryl/α,β-unsaturated/α-hetero) is 1. The molecule has 0 radical (unpaired) electrons. The van der Waals surface area contributed by atoms with Gasteiger partial charge in [-0.15, -0.1) is 0 Å². The normalized spacial score (nSPS) is 11.2. The number of thioether (sulfide) groups is 1. The summed E-state index contributed by atoms with van der Waals surface area (Å²) in [5.74, 6) is -0.0720. The summed E-state index contributed by atoms with van der Waals surface area (Å²) in [4.78, 5) is 43.4. The first kappa shape index (κ1) is 17.8. The summed E-state index contributed by atoms with van der Waals surface area (Å²) in [6.07, 6.45) is 0. The zero-order chi connectivity index (χ0) is 18.3. The highest BCUT2D eigenvalue weighted by atomic mass is 35.5. The summed E-state index contributed by atoms with van der Waals surface area (Å²) in [5, 5.41) is 1.06. The Balaban J connectivity index is 1.86. The zero-order valence-corrected chi connectivity index (χ0v) is 15.5. The number of nitrogens with one attached hydrogen (secondary N) is 1. The van der Waals surface area contributed by atoms with Gasteiger partial charge in [-0.2, -0.15) is 0 Å². The van der Waals surface area contributed by atoms with Crippen molar-refractivity contribution in [3.8, 4) is 0 Å². The van der Waals surface area contributed by atoms with Crippen LogP contribution in [0, 0.1) is 0 Å². The van der Waals surface area contributed by atoms with E-state index in [1.807, 2.05) is 0 Å². The molecule has 25 heavy (non-hydrogen) atoms. The Labute approximate surface area is 155 Å². The van der Waals surface area contributed by atoms with Crippen molar-refractivity contribution in [2.45, 2.75) is 5.16 Å². The molecule has 10 heteroatoms. The van der Waals surface area contributed by atoms with Gasteiger partial charge in [0.15, 0.2) is 22.1 Å². The van der Waals surface area contributed by atoms with Crippen LogP contribution in [0.1, 0.15) is 10.4 Å². The quantitative estimate of drug-likeness (QED) is 0.537. The minimum Gasteiger partial charge on any atom is -0.327 e. The van der Waals surface area contributed by atoms with Gasteiger partial charge in [0.05, 0.1) is 15.8 Å². The fourth-order valence-corrected chi connectivity index (χ4v) is 3.32. The monoisotopic (exact) mass is 398 g/mol. The van der Waals surface area contributed by atoms with Crippen LogP contribution in [0.3, 0.4) is 0 Å². The van der Waals surface area contributed by atoms with Crippen LogP contribution < -0.4 is 11.2 Å². The summed E-state index contributed by atoms with van der Waals surface area (Å²) in [5.41, 5.74) is -0.0336. The molecule has 0 atom stereocenters. The first-order valence-corrected chi connectivity index (χ1v) is 8.80. The molecule has 0 bridgehead atoms. The van der Waals surface area contributed by atoms with Crippen molar-refractivity contribution >= 4 is 51.9 Å². The molecule has 0 aliphatic carbocycles. The van der Waals surface area contributed by atoms with Crippen LogP contribution in [0.25, 0.3) is 11.2 Å². The Hall–Kier alpha value is -2.03. The lowest BCUT2D eigenvalue weighted by molar-refractivity contribution is 0.102. The molecule has 3 aromatic rings. The lowest BCUT2D eigenvalue weighted by atomic mass is 10.1. The molecule has 0 saturated heterocycles. The van der Waals surface area contributed by atoms with Crippen LogP contribution in [0.15, 0.2) is 32.9 Å². The van der Waals surface area contributed by atoms with Crippen LogP contribution >= 0.6 is 35.0 Å². The molecule has 1 aromatic carbocycles. The van der Waals surface area contributed by atoms with E-state index in [0.717, 1.165) is 16.3 Å². The van der Waals surface area contributed by atoms with Crippen molar-refractivity contribution in [1.82, 2.24) is 19.1 Å². The van der Waals surface area contributed by atoms with E-state index >= 15 is 0 Å². The van der Waals surface area contributed by atoms with E-state index in [9.17, 15) is 14.4 Å². The van der Waals surface area contributed by atoms with E-state index in [1.165, 1.54) is 24.7 Å². The van der Waals surface area contributed by atoms with E-state index in [-0.39, 0.29) is 22.7 Å². The maximum absolute atomic E-state index is 12.3. The minimum atomic E-state index is -0.465. The van der Waals surface area contributed by atoms with E-state index in [0.29, 0.717) is 20.8 Å². The van der Waals surface area contributed by atoms with Gasteiger partial charge >= 0.3 is 5.69 Å². The topological polar surface area (TPSA) is 89.8 Å². The van der Waals surface area contributed by atoms with Crippen LogP contribution in [0.5, 0.6) is 0 Å². The molecule has 0 saturated carbocycles. The highest BCUT2D eigenvalue weighted by Crippen LogP contribution is 2.24. The Kier molecular flexibility index (Phi) is 4.77. The van der Waals surface area contributed by atoms with E-state index in [2.05, 4.69) is 9.97 Å². The van der Waals surface area contributed by atoms with Crippen molar-refractivity contribution in [3.05, 3.63) is 54.6 Å². The third-order valence-corrected chi connectivity index (χ3v) is 5.27. The smallest absolute Gasteiger partial charge is 0.327 e. The molecule has 7 nitrogen and oxygen atoms in total. The molecule has 1 N–H and O–H groups in total. The van der Waals surface area contributed by atoms with Crippen molar-refractivity contribution < 1.29 is 4.79 Å². The predicted octanol–water partition coefficient (Wildman–Crippen LogP) is 2.24. The number of imidazole rings is 1. The summed E-state index contributed by atoms with van der Waals surface area (Å²) in [7, 11) is 2.92. The number of ketones is 1. The number of fused-ring (bicyclic) bond motifs is 1. The number of aryl methyl sites for hydroxylation is 1. The van der Waals surface area contributed by atoms with Gasteiger partial charge in [-0.1, -0.05) is 35.0 Å². The van der Waals surface area contributed by atoms with Crippen LogP contribution in [0.4, 0.5) is 0 Å². The van der Waals surface area contributed by atoms with E-state index in [4.69, 9.17) is 23.2 Å². The van der Waals surface area contributed by atoms with Gasteiger partial charge in [0.25, 0.3) is 5.56 Å². The van der Waals surface area contributed by atoms with Gasteiger partial charge in [-0.05, 0) is 18.2 Å². The van der Waals surface area contributed by atoms with Crippen LogP contribution in [-0.4, -0.2) is 30.6 Å². The Morgan fingerprint density at radius 3 is 2.60 bits per heavy atom. The second-order valence-electron chi connectivity index (χ2n) is 5.29. The third-order valence-electron chi connectivity index (χ3n) is 3.65. The average Bonchev–Trinajstić information content (AvgIpc) is 3.03. The molecule has 0 aliphatic heterocycles. The van der Waals surface area contributed by atoms with Gasteiger partial charge in [0.1, 0.15) is 0 Å². The summed E-state index contributed by atoms with van der Waals surface area (Å²) < 4.78 is 2.27. The molecule has 0 fully saturated rings. The zero-order valence-electron chi connectivity index (χ0n) is 13.2. The average molecular weight is 399 g/mol. The number of nitrogens with zero attached hydrogens (tertiary/aromatic N) is 3. The SMILES string of the molecule is Cn1c(=O)c2[nH]c(SCC(=O)c3ccc(Cl)c(Cl)c3)nc2n(C)c1=O. The van der Waals surface area contributed by atoms with Gasteiger partial charge < -0.3 is 4.98 Å². The Morgan fingerprint density at radius 1 is 1.20 bits per heavy atom. The van der Waals surface area contributed by atoms with Gasteiger partial charge in [0, 0.05) is 19.7 Å².